The van der Waals surface area contributed by atoms with E-state index in [9.17, 15) is 9.90 Å². The standard InChI is InChI=1S/C25H27N7O2/c26-16-9-11-18(12-10-16)29-23-14-21(28-17-5-2-1-3-6-17)24-27-15-22(32(24)31-23)25(34)30-19-7-4-8-20(33)13-19/h1-8,13-16,18,28,33H,9-12,26H2,(H,29,31)(H,30,34). The van der Waals surface area contributed by atoms with E-state index in [1.54, 1.807) is 22.7 Å². The van der Waals surface area contributed by atoms with E-state index in [-0.39, 0.29) is 29.4 Å². The summed E-state index contributed by atoms with van der Waals surface area (Å²) in [5.41, 5.74) is 8.98. The molecule has 2 aromatic heterocycles. The third-order valence-electron chi connectivity index (χ3n) is 5.98. The van der Waals surface area contributed by atoms with E-state index in [2.05, 4.69) is 20.9 Å². The summed E-state index contributed by atoms with van der Waals surface area (Å²) >= 11 is 0. The van der Waals surface area contributed by atoms with Crippen molar-refractivity contribution in [3.63, 3.8) is 0 Å². The van der Waals surface area contributed by atoms with Crippen LogP contribution >= 0.6 is 0 Å². The minimum Gasteiger partial charge on any atom is -0.508 e. The molecule has 1 aliphatic rings. The molecular formula is C25H27N7O2. The molecule has 2 heterocycles. The zero-order valence-corrected chi connectivity index (χ0v) is 18.6. The van der Waals surface area contributed by atoms with Gasteiger partial charge in [-0.1, -0.05) is 24.3 Å². The lowest BCUT2D eigenvalue weighted by Crippen LogP contribution is -2.33. The van der Waals surface area contributed by atoms with Gasteiger partial charge in [0.1, 0.15) is 11.6 Å². The Morgan fingerprint density at radius 1 is 1.00 bits per heavy atom. The van der Waals surface area contributed by atoms with Gasteiger partial charge < -0.3 is 26.8 Å². The molecule has 1 fully saturated rings. The molecule has 0 unspecified atom stereocenters. The number of hydrogen-bond acceptors (Lipinski definition) is 7. The van der Waals surface area contributed by atoms with Crippen molar-refractivity contribution in [2.45, 2.75) is 37.8 Å². The maximum atomic E-state index is 13.1. The minimum absolute atomic E-state index is 0.0714. The molecule has 1 aliphatic carbocycles. The number of phenols is 1. The number of nitrogens with two attached hydrogens (primary N) is 1. The van der Waals surface area contributed by atoms with Gasteiger partial charge in [-0.05, 0) is 49.9 Å². The third-order valence-corrected chi connectivity index (χ3v) is 5.98. The Hall–Kier alpha value is -4.11. The molecule has 1 amide bonds. The largest absolute Gasteiger partial charge is 0.508 e. The zero-order chi connectivity index (χ0) is 23.5. The Bertz CT molecular complexity index is 1300. The van der Waals surface area contributed by atoms with E-state index in [1.807, 2.05) is 36.4 Å². The molecule has 6 N–H and O–H groups in total. The van der Waals surface area contributed by atoms with Crippen LogP contribution in [-0.2, 0) is 0 Å². The lowest BCUT2D eigenvalue weighted by molar-refractivity contribution is 0.102. The van der Waals surface area contributed by atoms with Crippen LogP contribution in [0.15, 0.2) is 66.9 Å². The number of aromatic nitrogens is 3. The molecule has 0 saturated heterocycles. The van der Waals surface area contributed by atoms with Crippen LogP contribution in [0.1, 0.15) is 36.2 Å². The van der Waals surface area contributed by atoms with Crippen molar-refractivity contribution < 1.29 is 9.90 Å². The topological polar surface area (TPSA) is 130 Å². The second-order valence-electron chi connectivity index (χ2n) is 8.57. The first kappa shape index (κ1) is 21.7. The molecule has 0 radical (unpaired) electrons. The summed E-state index contributed by atoms with van der Waals surface area (Å²) in [6, 6.07) is 18.6. The second-order valence-corrected chi connectivity index (χ2v) is 8.57. The SMILES string of the molecule is NC1CCC(Nc2cc(Nc3ccccc3)c3ncc(C(=O)Nc4cccc(O)c4)n3n2)CC1. The Morgan fingerprint density at radius 3 is 2.53 bits per heavy atom. The van der Waals surface area contributed by atoms with Gasteiger partial charge in [0.05, 0.1) is 11.9 Å². The summed E-state index contributed by atoms with van der Waals surface area (Å²) in [5, 5.41) is 24.1. The number of imidazole rings is 1. The molecule has 174 valence electrons. The number of hydrogen-bond donors (Lipinski definition) is 5. The van der Waals surface area contributed by atoms with Crippen molar-refractivity contribution in [2.24, 2.45) is 5.73 Å². The maximum absolute atomic E-state index is 13.1. The Balaban J connectivity index is 1.49. The number of carbonyl (C=O) groups excluding carboxylic acids is 1. The molecule has 2 aromatic carbocycles. The first-order valence-corrected chi connectivity index (χ1v) is 11.4. The lowest BCUT2D eigenvalue weighted by atomic mass is 9.92. The number of aromatic hydroxyl groups is 1. The predicted molar refractivity (Wildman–Crippen MR) is 133 cm³/mol. The van der Waals surface area contributed by atoms with Crippen LogP contribution in [0.2, 0.25) is 0 Å². The van der Waals surface area contributed by atoms with Crippen molar-refractivity contribution in [3.8, 4) is 5.75 Å². The zero-order valence-electron chi connectivity index (χ0n) is 18.6. The molecule has 0 atom stereocenters. The highest BCUT2D eigenvalue weighted by atomic mass is 16.3. The fourth-order valence-electron chi connectivity index (χ4n) is 4.21. The highest BCUT2D eigenvalue weighted by molar-refractivity contribution is 6.03. The quantitative estimate of drug-likeness (QED) is 0.295. The van der Waals surface area contributed by atoms with Crippen molar-refractivity contribution >= 4 is 34.4 Å². The summed E-state index contributed by atoms with van der Waals surface area (Å²) in [6.07, 6.45) is 5.38. The molecule has 9 nitrogen and oxygen atoms in total. The molecule has 1 saturated carbocycles. The molecule has 9 heteroatoms. The minimum atomic E-state index is -0.378. The van der Waals surface area contributed by atoms with Gasteiger partial charge in [0.15, 0.2) is 11.3 Å². The number of carbonyl (C=O) groups is 1. The predicted octanol–water partition coefficient (Wildman–Crippen LogP) is 4.11. The van der Waals surface area contributed by atoms with Crippen LogP contribution in [0, 0.1) is 0 Å². The van der Waals surface area contributed by atoms with E-state index < -0.39 is 0 Å². The van der Waals surface area contributed by atoms with E-state index in [0.717, 1.165) is 37.1 Å². The number of anilines is 4. The maximum Gasteiger partial charge on any atom is 0.276 e. The summed E-state index contributed by atoms with van der Waals surface area (Å²) in [4.78, 5) is 17.5. The van der Waals surface area contributed by atoms with Gasteiger partial charge in [-0.25, -0.2) is 9.50 Å². The number of nitrogens with zero attached hydrogens (tertiary/aromatic N) is 3. The lowest BCUT2D eigenvalue weighted by Gasteiger charge is -2.27. The number of nitrogens with one attached hydrogen (secondary N) is 3. The highest BCUT2D eigenvalue weighted by Gasteiger charge is 2.21. The Labute approximate surface area is 197 Å². The van der Waals surface area contributed by atoms with Gasteiger partial charge in [0, 0.05) is 35.6 Å². The van der Waals surface area contributed by atoms with Crippen molar-refractivity contribution in [1.29, 1.82) is 0 Å². The summed E-state index contributed by atoms with van der Waals surface area (Å²) < 4.78 is 1.54. The van der Waals surface area contributed by atoms with E-state index >= 15 is 0 Å². The van der Waals surface area contributed by atoms with E-state index in [0.29, 0.717) is 17.2 Å². The average Bonchev–Trinajstić information content (AvgIpc) is 3.26. The second kappa shape index (κ2) is 9.40. The van der Waals surface area contributed by atoms with Crippen LogP contribution in [0.25, 0.3) is 5.65 Å². The third kappa shape index (κ3) is 4.79. The molecular weight excluding hydrogens is 430 g/mol. The summed E-state index contributed by atoms with van der Waals surface area (Å²) in [6.45, 7) is 0. The van der Waals surface area contributed by atoms with Crippen LogP contribution in [0.3, 0.4) is 0 Å². The molecule has 0 bridgehead atoms. The number of phenolic OH excluding ortho intramolecular Hbond substituents is 1. The number of benzene rings is 2. The van der Waals surface area contributed by atoms with Gasteiger partial charge in [-0.15, -0.1) is 5.10 Å². The fraction of sp³-hybridized carbons (Fsp3) is 0.240. The van der Waals surface area contributed by atoms with Crippen LogP contribution in [-0.4, -0.2) is 37.7 Å². The summed E-state index contributed by atoms with van der Waals surface area (Å²) in [5.74, 6) is 0.343. The normalized spacial score (nSPS) is 17.9. The molecule has 34 heavy (non-hydrogen) atoms. The van der Waals surface area contributed by atoms with Gasteiger partial charge in [0.25, 0.3) is 5.91 Å². The first-order valence-electron chi connectivity index (χ1n) is 11.4. The van der Waals surface area contributed by atoms with Crippen LogP contribution in [0.5, 0.6) is 5.75 Å². The Kier molecular flexibility index (Phi) is 6.01. The molecule has 0 spiro atoms. The highest BCUT2D eigenvalue weighted by Crippen LogP contribution is 2.27. The van der Waals surface area contributed by atoms with Crippen LogP contribution < -0.4 is 21.7 Å². The fourth-order valence-corrected chi connectivity index (χ4v) is 4.21. The smallest absolute Gasteiger partial charge is 0.276 e. The monoisotopic (exact) mass is 457 g/mol. The molecule has 0 aliphatic heterocycles. The van der Waals surface area contributed by atoms with Gasteiger partial charge in [0.2, 0.25) is 0 Å². The van der Waals surface area contributed by atoms with Crippen molar-refractivity contribution in [3.05, 3.63) is 72.6 Å². The number of amides is 1. The summed E-state index contributed by atoms with van der Waals surface area (Å²) in [7, 11) is 0. The number of para-hydroxylation sites is 1. The van der Waals surface area contributed by atoms with Gasteiger partial charge in [-0.3, -0.25) is 4.79 Å². The first-order chi connectivity index (χ1) is 16.5. The van der Waals surface area contributed by atoms with Crippen molar-refractivity contribution in [2.75, 3.05) is 16.0 Å². The number of rotatable bonds is 6. The van der Waals surface area contributed by atoms with Gasteiger partial charge in [-0.2, -0.15) is 0 Å². The molecule has 5 rings (SSSR count). The Morgan fingerprint density at radius 2 is 1.76 bits per heavy atom. The van der Waals surface area contributed by atoms with Crippen LogP contribution in [0.4, 0.5) is 22.9 Å². The van der Waals surface area contributed by atoms with E-state index in [1.165, 1.54) is 12.3 Å². The molecule has 4 aromatic rings. The number of fused-ring (bicyclic) bond motifs is 1. The van der Waals surface area contributed by atoms with Crippen molar-refractivity contribution in [1.82, 2.24) is 14.6 Å². The van der Waals surface area contributed by atoms with Gasteiger partial charge >= 0.3 is 0 Å². The average molecular weight is 458 g/mol. The van der Waals surface area contributed by atoms with E-state index in [4.69, 9.17) is 10.8 Å².